The van der Waals surface area contributed by atoms with Crippen molar-refractivity contribution in [1.29, 1.82) is 0 Å². The highest BCUT2D eigenvalue weighted by Crippen LogP contribution is 2.14. The van der Waals surface area contributed by atoms with Gasteiger partial charge < -0.3 is 10.4 Å². The molecule has 0 rings (SSSR count). The van der Waals surface area contributed by atoms with Crippen LogP contribution in [0.4, 0.5) is 4.79 Å². The second-order valence-corrected chi connectivity index (χ2v) is 4.36. The van der Waals surface area contributed by atoms with Crippen LogP contribution >= 0.6 is 0 Å². The van der Waals surface area contributed by atoms with Gasteiger partial charge in [-0.25, -0.2) is 4.79 Å². The normalized spacial score (nSPS) is 12.9. The number of amides is 3. The van der Waals surface area contributed by atoms with Crippen LogP contribution in [0.3, 0.4) is 0 Å². The maximum atomic E-state index is 11.7. The highest BCUT2D eigenvalue weighted by Gasteiger charge is 2.29. The zero-order chi connectivity index (χ0) is 14.2. The Morgan fingerprint density at radius 3 is 2.17 bits per heavy atom. The summed E-state index contributed by atoms with van der Waals surface area (Å²) in [4.78, 5) is 22.9. The van der Waals surface area contributed by atoms with E-state index in [1.165, 1.54) is 0 Å². The predicted molar refractivity (Wildman–Crippen MR) is 70.2 cm³/mol. The molecule has 0 aromatic rings. The van der Waals surface area contributed by atoms with Crippen molar-refractivity contribution in [2.24, 2.45) is 0 Å². The number of urea groups is 1. The standard InChI is InChI=1S/C12H25N3O3/c1-5-12(6-2,8-16)15-9(4)10(17)14-11(18)13-7-3/h9,15-16H,5-8H2,1-4H3,(H2,13,14,17,18). The first-order valence-electron chi connectivity index (χ1n) is 6.41. The molecule has 1 atom stereocenters. The van der Waals surface area contributed by atoms with Crippen LogP contribution in [-0.2, 0) is 4.79 Å². The van der Waals surface area contributed by atoms with Gasteiger partial charge in [0.1, 0.15) is 0 Å². The average Bonchev–Trinajstić information content (AvgIpc) is 2.36. The zero-order valence-corrected chi connectivity index (χ0v) is 11.7. The lowest BCUT2D eigenvalue weighted by Gasteiger charge is -2.33. The van der Waals surface area contributed by atoms with Crippen molar-refractivity contribution >= 4 is 11.9 Å². The molecule has 0 fully saturated rings. The molecule has 4 N–H and O–H groups in total. The third kappa shape index (κ3) is 5.01. The summed E-state index contributed by atoms with van der Waals surface area (Å²) in [5, 5.41) is 17.2. The maximum Gasteiger partial charge on any atom is 0.321 e. The number of aliphatic hydroxyl groups is 1. The molecule has 0 saturated heterocycles. The van der Waals surface area contributed by atoms with Crippen molar-refractivity contribution in [3.8, 4) is 0 Å². The summed E-state index contributed by atoms with van der Waals surface area (Å²) in [5.41, 5.74) is -0.474. The van der Waals surface area contributed by atoms with Gasteiger partial charge in [0.05, 0.1) is 12.6 Å². The molecule has 6 heteroatoms. The lowest BCUT2D eigenvalue weighted by atomic mass is 9.93. The molecular formula is C12H25N3O3. The van der Waals surface area contributed by atoms with Crippen molar-refractivity contribution in [3.63, 3.8) is 0 Å². The Morgan fingerprint density at radius 2 is 1.78 bits per heavy atom. The second kappa shape index (κ2) is 8.05. The molecule has 0 aliphatic heterocycles. The fourth-order valence-corrected chi connectivity index (χ4v) is 1.67. The van der Waals surface area contributed by atoms with E-state index in [9.17, 15) is 14.7 Å². The Kier molecular flexibility index (Phi) is 7.54. The molecule has 0 aliphatic carbocycles. The van der Waals surface area contributed by atoms with E-state index in [4.69, 9.17) is 0 Å². The fourth-order valence-electron chi connectivity index (χ4n) is 1.67. The molecule has 0 saturated carbocycles. The lowest BCUT2D eigenvalue weighted by molar-refractivity contribution is -0.122. The van der Waals surface area contributed by atoms with Crippen LogP contribution in [0.2, 0.25) is 0 Å². The second-order valence-electron chi connectivity index (χ2n) is 4.36. The number of rotatable bonds is 7. The Balaban J connectivity index is 4.42. The summed E-state index contributed by atoms with van der Waals surface area (Å²) >= 11 is 0. The topological polar surface area (TPSA) is 90.5 Å². The summed E-state index contributed by atoms with van der Waals surface area (Å²) in [5.74, 6) is -0.402. The van der Waals surface area contributed by atoms with Crippen molar-refractivity contribution in [3.05, 3.63) is 0 Å². The van der Waals surface area contributed by atoms with Crippen molar-refractivity contribution < 1.29 is 14.7 Å². The molecule has 18 heavy (non-hydrogen) atoms. The zero-order valence-electron chi connectivity index (χ0n) is 11.7. The van der Waals surface area contributed by atoms with Crippen molar-refractivity contribution in [2.45, 2.75) is 52.1 Å². The van der Waals surface area contributed by atoms with Gasteiger partial charge in [-0.15, -0.1) is 0 Å². The number of hydrogen-bond donors (Lipinski definition) is 4. The summed E-state index contributed by atoms with van der Waals surface area (Å²) in [6.45, 7) is 7.76. The van der Waals surface area contributed by atoms with Crippen molar-refractivity contribution in [1.82, 2.24) is 16.0 Å². The van der Waals surface area contributed by atoms with Gasteiger partial charge in [0.2, 0.25) is 5.91 Å². The van der Waals surface area contributed by atoms with E-state index < -0.39 is 23.5 Å². The van der Waals surface area contributed by atoms with Crippen LogP contribution in [0.15, 0.2) is 0 Å². The first kappa shape index (κ1) is 16.9. The van der Waals surface area contributed by atoms with Gasteiger partial charge in [-0.05, 0) is 26.7 Å². The molecule has 0 heterocycles. The van der Waals surface area contributed by atoms with Crippen LogP contribution in [0.1, 0.15) is 40.5 Å². The molecule has 0 aliphatic rings. The smallest absolute Gasteiger partial charge is 0.321 e. The number of nitrogens with one attached hydrogen (secondary N) is 3. The van der Waals surface area contributed by atoms with E-state index >= 15 is 0 Å². The summed E-state index contributed by atoms with van der Waals surface area (Å²) < 4.78 is 0. The van der Waals surface area contributed by atoms with Gasteiger partial charge in [0, 0.05) is 12.1 Å². The first-order chi connectivity index (χ1) is 8.44. The molecule has 6 nitrogen and oxygen atoms in total. The van der Waals surface area contributed by atoms with Crippen LogP contribution < -0.4 is 16.0 Å². The highest BCUT2D eigenvalue weighted by atomic mass is 16.3. The number of imide groups is 1. The largest absolute Gasteiger partial charge is 0.394 e. The van der Waals surface area contributed by atoms with E-state index in [2.05, 4.69) is 16.0 Å². The van der Waals surface area contributed by atoms with Gasteiger partial charge in [-0.1, -0.05) is 13.8 Å². The van der Waals surface area contributed by atoms with Crippen LogP contribution in [-0.4, -0.2) is 41.8 Å². The average molecular weight is 259 g/mol. The Morgan fingerprint density at radius 1 is 1.22 bits per heavy atom. The minimum Gasteiger partial charge on any atom is -0.394 e. The number of hydrogen-bond acceptors (Lipinski definition) is 4. The van der Waals surface area contributed by atoms with E-state index in [1.807, 2.05) is 13.8 Å². The molecular weight excluding hydrogens is 234 g/mol. The Hall–Kier alpha value is -1.14. The van der Waals surface area contributed by atoms with Crippen LogP contribution in [0, 0.1) is 0 Å². The summed E-state index contributed by atoms with van der Waals surface area (Å²) in [7, 11) is 0. The third-order valence-electron chi connectivity index (χ3n) is 3.15. The summed E-state index contributed by atoms with van der Waals surface area (Å²) in [6.07, 6.45) is 1.41. The van der Waals surface area contributed by atoms with Crippen molar-refractivity contribution in [2.75, 3.05) is 13.2 Å². The molecule has 0 radical (unpaired) electrons. The Bertz CT molecular complexity index is 269. The SMILES string of the molecule is CCNC(=O)NC(=O)C(C)NC(CC)(CC)CO. The van der Waals surface area contributed by atoms with E-state index in [0.717, 1.165) is 0 Å². The minimum absolute atomic E-state index is 0.0429. The molecule has 0 aromatic carbocycles. The van der Waals surface area contributed by atoms with Crippen LogP contribution in [0.25, 0.3) is 0 Å². The monoisotopic (exact) mass is 259 g/mol. The lowest BCUT2D eigenvalue weighted by Crippen LogP contribution is -2.57. The van der Waals surface area contributed by atoms with E-state index in [-0.39, 0.29) is 6.61 Å². The quantitative estimate of drug-likeness (QED) is 0.531. The van der Waals surface area contributed by atoms with Gasteiger partial charge in [-0.2, -0.15) is 0 Å². The number of carbonyl (C=O) groups is 2. The predicted octanol–water partition coefficient (Wildman–Crippen LogP) is 0.361. The molecule has 0 spiro atoms. The minimum atomic E-state index is -0.542. The molecule has 1 unspecified atom stereocenters. The highest BCUT2D eigenvalue weighted by molar-refractivity contribution is 5.96. The van der Waals surface area contributed by atoms with Gasteiger partial charge in [0.15, 0.2) is 0 Å². The third-order valence-corrected chi connectivity index (χ3v) is 3.15. The van der Waals surface area contributed by atoms with E-state index in [1.54, 1.807) is 13.8 Å². The molecule has 3 amide bonds. The number of aliphatic hydroxyl groups excluding tert-OH is 1. The first-order valence-corrected chi connectivity index (χ1v) is 6.41. The molecule has 0 aromatic heterocycles. The maximum absolute atomic E-state index is 11.7. The Labute approximate surface area is 109 Å². The molecule has 0 bridgehead atoms. The van der Waals surface area contributed by atoms with E-state index in [0.29, 0.717) is 19.4 Å². The van der Waals surface area contributed by atoms with Gasteiger partial charge in [-0.3, -0.25) is 15.4 Å². The molecule has 106 valence electrons. The fraction of sp³-hybridized carbons (Fsp3) is 0.833. The summed E-state index contributed by atoms with van der Waals surface area (Å²) in [6, 6.07) is -1.04. The number of carbonyl (C=O) groups excluding carboxylic acids is 2. The van der Waals surface area contributed by atoms with Crippen LogP contribution in [0.5, 0.6) is 0 Å². The van der Waals surface area contributed by atoms with Gasteiger partial charge >= 0.3 is 6.03 Å². The van der Waals surface area contributed by atoms with Gasteiger partial charge in [0.25, 0.3) is 0 Å².